The van der Waals surface area contributed by atoms with Gasteiger partial charge in [-0.05, 0) is 36.4 Å². The predicted octanol–water partition coefficient (Wildman–Crippen LogP) is 2.68. The first kappa shape index (κ1) is 18.0. The van der Waals surface area contributed by atoms with Gasteiger partial charge in [-0.15, -0.1) is 0 Å². The molecule has 128 valence electrons. The largest absolute Gasteiger partial charge is 0.506 e. The molecule has 0 spiro atoms. The van der Waals surface area contributed by atoms with Crippen molar-refractivity contribution in [1.29, 1.82) is 0 Å². The highest BCUT2D eigenvalue weighted by molar-refractivity contribution is 7.89. The monoisotopic (exact) mass is 348 g/mol. The van der Waals surface area contributed by atoms with Crippen molar-refractivity contribution in [3.63, 3.8) is 0 Å². The smallest absolute Gasteiger partial charge is 0.255 e. The molecule has 0 unspecified atom stereocenters. The topological polar surface area (TPSA) is 86.7 Å². The van der Waals surface area contributed by atoms with Crippen LogP contribution in [0, 0.1) is 0 Å². The van der Waals surface area contributed by atoms with E-state index < -0.39 is 15.9 Å². The summed E-state index contributed by atoms with van der Waals surface area (Å²) < 4.78 is 26.2. The summed E-state index contributed by atoms with van der Waals surface area (Å²) in [5.41, 5.74) is 0.596. The van der Waals surface area contributed by atoms with Crippen LogP contribution in [-0.4, -0.2) is 36.8 Å². The van der Waals surface area contributed by atoms with Crippen LogP contribution < -0.4 is 5.32 Å². The van der Waals surface area contributed by atoms with Gasteiger partial charge in [-0.3, -0.25) is 4.79 Å². The summed E-state index contributed by atoms with van der Waals surface area (Å²) in [5.74, 6) is -0.463. The maximum Gasteiger partial charge on any atom is 0.255 e. The maximum absolute atomic E-state index is 12.4. The third kappa shape index (κ3) is 3.74. The van der Waals surface area contributed by atoms with E-state index in [1.165, 1.54) is 34.6 Å². The summed E-state index contributed by atoms with van der Waals surface area (Å²) in [4.78, 5) is 12.3. The summed E-state index contributed by atoms with van der Waals surface area (Å²) in [7, 11) is -3.55. The molecule has 7 heteroatoms. The quantitative estimate of drug-likeness (QED) is 0.786. The lowest BCUT2D eigenvalue weighted by Crippen LogP contribution is -2.30. The molecule has 2 aromatic rings. The molecule has 0 aliphatic heterocycles. The molecule has 0 aromatic heterocycles. The molecule has 0 aliphatic carbocycles. The van der Waals surface area contributed by atoms with E-state index in [9.17, 15) is 18.3 Å². The number of sulfonamides is 1. The molecule has 0 saturated heterocycles. The fraction of sp³-hybridized carbons (Fsp3) is 0.235. The molecule has 0 heterocycles. The standard InChI is InChI=1S/C17H20N2O4S/c1-3-19(4-2)24(22,23)14-11-9-13(10-12-14)17(21)18-15-7-5-6-8-16(15)20/h5-12,20H,3-4H2,1-2H3,(H,18,21). The lowest BCUT2D eigenvalue weighted by molar-refractivity contribution is 0.102. The molecular weight excluding hydrogens is 328 g/mol. The third-order valence-corrected chi connectivity index (χ3v) is 5.68. The minimum Gasteiger partial charge on any atom is -0.506 e. The normalized spacial score (nSPS) is 11.5. The first-order valence-electron chi connectivity index (χ1n) is 7.59. The Kier molecular flexibility index (Phi) is 5.58. The van der Waals surface area contributed by atoms with Crippen LogP contribution in [0.3, 0.4) is 0 Å². The zero-order chi connectivity index (χ0) is 17.7. The van der Waals surface area contributed by atoms with Crippen LogP contribution in [0.1, 0.15) is 24.2 Å². The van der Waals surface area contributed by atoms with Crippen molar-refractivity contribution in [3.05, 3.63) is 54.1 Å². The highest BCUT2D eigenvalue weighted by Gasteiger charge is 2.21. The van der Waals surface area contributed by atoms with Crippen molar-refractivity contribution >= 4 is 21.6 Å². The Morgan fingerprint density at radius 3 is 2.17 bits per heavy atom. The second-order valence-electron chi connectivity index (χ2n) is 5.08. The number of para-hydroxylation sites is 2. The molecule has 2 aromatic carbocycles. The number of nitrogens with zero attached hydrogens (tertiary/aromatic N) is 1. The van der Waals surface area contributed by atoms with Gasteiger partial charge in [-0.25, -0.2) is 8.42 Å². The number of nitrogens with one attached hydrogen (secondary N) is 1. The van der Waals surface area contributed by atoms with Gasteiger partial charge < -0.3 is 10.4 Å². The number of benzene rings is 2. The molecule has 0 bridgehead atoms. The molecule has 2 rings (SSSR count). The molecular formula is C17H20N2O4S. The molecule has 0 aliphatic rings. The molecule has 0 radical (unpaired) electrons. The Labute approximate surface area is 141 Å². The first-order chi connectivity index (χ1) is 11.4. The van der Waals surface area contributed by atoms with Crippen LogP contribution in [0.2, 0.25) is 0 Å². The van der Waals surface area contributed by atoms with Crippen molar-refractivity contribution < 1.29 is 18.3 Å². The van der Waals surface area contributed by atoms with Crippen molar-refractivity contribution in [1.82, 2.24) is 4.31 Å². The lowest BCUT2D eigenvalue weighted by Gasteiger charge is -2.18. The van der Waals surface area contributed by atoms with Crippen molar-refractivity contribution in [2.75, 3.05) is 18.4 Å². The number of hydrogen-bond acceptors (Lipinski definition) is 4. The predicted molar refractivity (Wildman–Crippen MR) is 92.6 cm³/mol. The third-order valence-electron chi connectivity index (χ3n) is 3.61. The number of aromatic hydroxyl groups is 1. The number of phenols is 1. The number of hydrogen-bond donors (Lipinski definition) is 2. The maximum atomic E-state index is 12.4. The van der Waals surface area contributed by atoms with Gasteiger partial charge in [0.2, 0.25) is 10.0 Å². The number of phenolic OH excluding ortho intramolecular Hbond substituents is 1. The van der Waals surface area contributed by atoms with E-state index in [1.807, 2.05) is 0 Å². The van der Waals surface area contributed by atoms with Gasteiger partial charge in [0.15, 0.2) is 0 Å². The summed E-state index contributed by atoms with van der Waals surface area (Å²) >= 11 is 0. The zero-order valence-electron chi connectivity index (χ0n) is 13.6. The van der Waals surface area contributed by atoms with E-state index in [0.717, 1.165) is 0 Å². The molecule has 1 amide bonds. The number of carbonyl (C=O) groups excluding carboxylic acids is 1. The van der Waals surface area contributed by atoms with Crippen molar-refractivity contribution in [2.45, 2.75) is 18.7 Å². The van der Waals surface area contributed by atoms with E-state index >= 15 is 0 Å². The van der Waals surface area contributed by atoms with E-state index in [1.54, 1.807) is 32.0 Å². The van der Waals surface area contributed by atoms with Gasteiger partial charge in [0.05, 0.1) is 10.6 Å². The Hall–Kier alpha value is -2.38. The Morgan fingerprint density at radius 1 is 1.04 bits per heavy atom. The first-order valence-corrected chi connectivity index (χ1v) is 9.03. The fourth-order valence-corrected chi connectivity index (χ4v) is 3.72. The second-order valence-corrected chi connectivity index (χ2v) is 7.02. The second kappa shape index (κ2) is 7.46. The van der Waals surface area contributed by atoms with E-state index in [2.05, 4.69) is 5.32 Å². The van der Waals surface area contributed by atoms with E-state index in [0.29, 0.717) is 24.3 Å². The highest BCUT2D eigenvalue weighted by Crippen LogP contribution is 2.22. The summed E-state index contributed by atoms with van der Waals surface area (Å²) in [5, 5.41) is 12.3. The Balaban J connectivity index is 2.20. The van der Waals surface area contributed by atoms with Crippen molar-refractivity contribution in [2.24, 2.45) is 0 Å². The number of amides is 1. The minimum atomic E-state index is -3.55. The summed E-state index contributed by atoms with van der Waals surface area (Å²) in [6.07, 6.45) is 0. The fourth-order valence-electron chi connectivity index (χ4n) is 2.26. The lowest BCUT2D eigenvalue weighted by atomic mass is 10.2. The van der Waals surface area contributed by atoms with Crippen LogP contribution in [0.5, 0.6) is 5.75 Å². The van der Waals surface area contributed by atoms with E-state index in [-0.39, 0.29) is 10.6 Å². The Morgan fingerprint density at radius 2 is 1.62 bits per heavy atom. The highest BCUT2D eigenvalue weighted by atomic mass is 32.2. The van der Waals surface area contributed by atoms with Crippen LogP contribution in [0.15, 0.2) is 53.4 Å². The summed E-state index contributed by atoms with van der Waals surface area (Å²) in [6.45, 7) is 4.31. The van der Waals surface area contributed by atoms with Gasteiger partial charge in [0, 0.05) is 18.7 Å². The average Bonchev–Trinajstić information content (AvgIpc) is 2.58. The molecule has 0 atom stereocenters. The zero-order valence-corrected chi connectivity index (χ0v) is 14.4. The number of rotatable bonds is 6. The Bertz CT molecular complexity index is 813. The minimum absolute atomic E-state index is 0.0356. The summed E-state index contributed by atoms with van der Waals surface area (Å²) in [6, 6.07) is 12.1. The molecule has 0 saturated carbocycles. The molecule has 0 fully saturated rings. The number of anilines is 1. The van der Waals surface area contributed by atoms with Crippen LogP contribution in [0.25, 0.3) is 0 Å². The number of carbonyl (C=O) groups is 1. The van der Waals surface area contributed by atoms with Crippen LogP contribution in [0.4, 0.5) is 5.69 Å². The van der Waals surface area contributed by atoms with Gasteiger partial charge in [0.1, 0.15) is 5.75 Å². The molecule has 2 N–H and O–H groups in total. The van der Waals surface area contributed by atoms with Gasteiger partial charge >= 0.3 is 0 Å². The van der Waals surface area contributed by atoms with Crippen molar-refractivity contribution in [3.8, 4) is 5.75 Å². The SMILES string of the molecule is CCN(CC)S(=O)(=O)c1ccc(C(=O)Nc2ccccc2O)cc1. The molecule has 6 nitrogen and oxygen atoms in total. The van der Waals surface area contributed by atoms with Gasteiger partial charge in [0.25, 0.3) is 5.91 Å². The van der Waals surface area contributed by atoms with Gasteiger partial charge in [-0.1, -0.05) is 26.0 Å². The van der Waals surface area contributed by atoms with E-state index in [4.69, 9.17) is 0 Å². The average molecular weight is 348 g/mol. The molecule has 24 heavy (non-hydrogen) atoms. The van der Waals surface area contributed by atoms with Gasteiger partial charge in [-0.2, -0.15) is 4.31 Å². The van der Waals surface area contributed by atoms with Crippen LogP contribution in [-0.2, 0) is 10.0 Å². The van der Waals surface area contributed by atoms with Crippen LogP contribution >= 0.6 is 0 Å².